The van der Waals surface area contributed by atoms with E-state index in [1.165, 1.54) is 4.90 Å². The van der Waals surface area contributed by atoms with Crippen molar-refractivity contribution in [3.8, 4) is 0 Å². The summed E-state index contributed by atoms with van der Waals surface area (Å²) >= 11 is 0. The first-order valence-electron chi connectivity index (χ1n) is 9.81. The van der Waals surface area contributed by atoms with Crippen molar-refractivity contribution >= 4 is 27.1 Å². The zero-order valence-corrected chi connectivity index (χ0v) is 18.8. The second kappa shape index (κ2) is 9.35. The first-order valence-corrected chi connectivity index (χ1v) is 11.4. The van der Waals surface area contributed by atoms with Gasteiger partial charge in [-0.05, 0) is 25.0 Å². The van der Waals surface area contributed by atoms with Crippen LogP contribution in [-0.4, -0.2) is 18.3 Å². The fraction of sp³-hybridized carbons (Fsp3) is 0.182. The zero-order valence-electron chi connectivity index (χ0n) is 18.0. The van der Waals surface area contributed by atoms with Crippen LogP contribution in [0, 0.1) is 34.1 Å². The summed E-state index contributed by atoms with van der Waals surface area (Å²) in [6.45, 7) is 4.06. The fourth-order valence-corrected chi connectivity index (χ4v) is 3.94. The molecule has 172 valence electrons. The van der Waals surface area contributed by atoms with Crippen LogP contribution in [0.4, 0.5) is 17.1 Å². The van der Waals surface area contributed by atoms with Gasteiger partial charge in [0, 0.05) is 25.2 Å². The molecular formula is C22H22N4O6S. The van der Waals surface area contributed by atoms with Crippen LogP contribution in [0.3, 0.4) is 0 Å². The highest BCUT2D eigenvalue weighted by Crippen LogP contribution is 2.41. The Bertz CT molecular complexity index is 1220. The van der Waals surface area contributed by atoms with Crippen LogP contribution >= 0.6 is 0 Å². The standard InChI is InChI=1S/C22H22N4O6S/c1-15-3-7-17(8-4-15)13-24(14-18-9-5-16(2)6-10-18)22-20(25(27)28)11-19(33(23,31)32)12-21(22)26(29)30/h3-12H,13-14H2,1-2H3,(H2,23,31,32). The quantitative estimate of drug-likeness (QED) is 0.386. The molecule has 0 aliphatic heterocycles. The largest absolute Gasteiger partial charge is 0.352 e. The first-order chi connectivity index (χ1) is 15.5. The van der Waals surface area contributed by atoms with Gasteiger partial charge < -0.3 is 4.90 Å². The number of primary sulfonamides is 1. The van der Waals surface area contributed by atoms with Crippen molar-refractivity contribution in [2.24, 2.45) is 5.14 Å². The molecule has 0 unspecified atom stereocenters. The van der Waals surface area contributed by atoms with Gasteiger partial charge in [-0.25, -0.2) is 13.6 Å². The molecule has 0 aliphatic rings. The van der Waals surface area contributed by atoms with E-state index in [9.17, 15) is 28.6 Å². The Hall–Kier alpha value is -3.83. The van der Waals surface area contributed by atoms with Crippen LogP contribution in [-0.2, 0) is 23.1 Å². The number of nitrogens with two attached hydrogens (primary N) is 1. The van der Waals surface area contributed by atoms with E-state index < -0.39 is 36.1 Å². The molecular weight excluding hydrogens is 448 g/mol. The Morgan fingerprint density at radius 2 is 1.15 bits per heavy atom. The van der Waals surface area contributed by atoms with E-state index in [2.05, 4.69) is 0 Å². The van der Waals surface area contributed by atoms with E-state index in [-0.39, 0.29) is 18.8 Å². The number of nitro benzene ring substituents is 2. The van der Waals surface area contributed by atoms with Crippen molar-refractivity contribution in [3.63, 3.8) is 0 Å². The molecule has 0 aliphatic carbocycles. The van der Waals surface area contributed by atoms with Crippen molar-refractivity contribution in [3.05, 3.63) is 103 Å². The Morgan fingerprint density at radius 1 is 0.788 bits per heavy atom. The maximum absolute atomic E-state index is 11.9. The van der Waals surface area contributed by atoms with Gasteiger partial charge in [-0.2, -0.15) is 0 Å². The molecule has 3 rings (SSSR count). The third-order valence-electron chi connectivity index (χ3n) is 5.07. The SMILES string of the molecule is Cc1ccc(CN(Cc2ccc(C)cc2)c2c([N+](=O)[O-])cc(S(N)(=O)=O)cc2[N+](=O)[O-])cc1. The lowest BCUT2D eigenvalue weighted by atomic mass is 10.1. The van der Waals surface area contributed by atoms with Gasteiger partial charge in [0.2, 0.25) is 10.0 Å². The third-order valence-corrected chi connectivity index (χ3v) is 5.96. The Labute approximate surface area is 190 Å². The minimum absolute atomic E-state index is 0.116. The molecule has 0 saturated heterocycles. The fourth-order valence-electron chi connectivity index (χ4n) is 3.39. The minimum atomic E-state index is -4.41. The normalized spacial score (nSPS) is 11.2. The van der Waals surface area contributed by atoms with Crippen molar-refractivity contribution in [1.82, 2.24) is 0 Å². The average molecular weight is 471 g/mol. The molecule has 0 spiro atoms. The number of sulfonamides is 1. The van der Waals surface area contributed by atoms with E-state index in [1.807, 2.05) is 62.4 Å². The molecule has 3 aromatic carbocycles. The molecule has 11 heteroatoms. The molecule has 0 fully saturated rings. The van der Waals surface area contributed by atoms with Crippen LogP contribution in [0.2, 0.25) is 0 Å². The second-order valence-electron chi connectivity index (χ2n) is 7.70. The Kier molecular flexibility index (Phi) is 6.75. The van der Waals surface area contributed by atoms with Gasteiger partial charge in [0.05, 0.1) is 14.7 Å². The Balaban J connectivity index is 2.24. The molecule has 0 saturated carbocycles. The van der Waals surface area contributed by atoms with Crippen molar-refractivity contribution in [2.75, 3.05) is 4.90 Å². The predicted molar refractivity (Wildman–Crippen MR) is 123 cm³/mol. The summed E-state index contributed by atoms with van der Waals surface area (Å²) in [6.07, 6.45) is 0. The number of rotatable bonds is 8. The van der Waals surface area contributed by atoms with Gasteiger partial charge in [0.25, 0.3) is 0 Å². The summed E-state index contributed by atoms with van der Waals surface area (Å²) < 4.78 is 23.7. The zero-order chi connectivity index (χ0) is 24.3. The third kappa shape index (κ3) is 5.70. The topological polar surface area (TPSA) is 150 Å². The van der Waals surface area contributed by atoms with E-state index in [0.717, 1.165) is 34.4 Å². The van der Waals surface area contributed by atoms with E-state index >= 15 is 0 Å². The van der Waals surface area contributed by atoms with E-state index in [0.29, 0.717) is 0 Å². The van der Waals surface area contributed by atoms with E-state index in [1.54, 1.807) is 0 Å². The van der Waals surface area contributed by atoms with Crippen LogP contribution in [0.5, 0.6) is 0 Å². The van der Waals surface area contributed by atoms with Gasteiger partial charge in [0.1, 0.15) is 0 Å². The number of anilines is 1. The number of benzene rings is 3. The van der Waals surface area contributed by atoms with Crippen LogP contribution in [0.25, 0.3) is 0 Å². The predicted octanol–water partition coefficient (Wildman–Crippen LogP) is 3.97. The summed E-state index contributed by atoms with van der Waals surface area (Å²) in [7, 11) is -4.41. The number of aryl methyl sites for hydroxylation is 2. The summed E-state index contributed by atoms with van der Waals surface area (Å²) in [6, 6.07) is 16.3. The van der Waals surface area contributed by atoms with Crippen molar-refractivity contribution in [1.29, 1.82) is 0 Å². The summed E-state index contributed by atoms with van der Waals surface area (Å²) in [4.78, 5) is 22.9. The van der Waals surface area contributed by atoms with E-state index in [4.69, 9.17) is 5.14 Å². The van der Waals surface area contributed by atoms with Crippen molar-refractivity contribution in [2.45, 2.75) is 31.8 Å². The van der Waals surface area contributed by atoms with Gasteiger partial charge in [0.15, 0.2) is 5.69 Å². The highest BCUT2D eigenvalue weighted by atomic mass is 32.2. The monoisotopic (exact) mass is 470 g/mol. The van der Waals surface area contributed by atoms with Gasteiger partial charge in [-0.15, -0.1) is 0 Å². The van der Waals surface area contributed by atoms with Gasteiger partial charge in [-0.3, -0.25) is 20.2 Å². The number of nitrogens with zero attached hydrogens (tertiary/aromatic N) is 3. The molecule has 0 aromatic heterocycles. The van der Waals surface area contributed by atoms with Gasteiger partial charge in [-0.1, -0.05) is 59.7 Å². The van der Waals surface area contributed by atoms with Crippen molar-refractivity contribution < 1.29 is 18.3 Å². The van der Waals surface area contributed by atoms with Crippen LogP contribution in [0.15, 0.2) is 65.6 Å². The molecule has 0 amide bonds. The molecule has 2 N–H and O–H groups in total. The maximum atomic E-state index is 11.9. The van der Waals surface area contributed by atoms with Crippen LogP contribution in [0.1, 0.15) is 22.3 Å². The summed E-state index contributed by atoms with van der Waals surface area (Å²) in [5, 5.41) is 28.9. The highest BCUT2D eigenvalue weighted by Gasteiger charge is 2.33. The second-order valence-corrected chi connectivity index (χ2v) is 9.26. The van der Waals surface area contributed by atoms with Crippen LogP contribution < -0.4 is 10.0 Å². The molecule has 10 nitrogen and oxygen atoms in total. The minimum Gasteiger partial charge on any atom is -0.352 e. The number of hydrogen-bond donors (Lipinski definition) is 1. The number of nitro groups is 2. The molecule has 3 aromatic rings. The lowest BCUT2D eigenvalue weighted by Gasteiger charge is -2.25. The number of hydrogen-bond acceptors (Lipinski definition) is 7. The highest BCUT2D eigenvalue weighted by molar-refractivity contribution is 7.89. The molecule has 0 bridgehead atoms. The maximum Gasteiger partial charge on any atom is 0.301 e. The molecule has 33 heavy (non-hydrogen) atoms. The molecule has 0 radical (unpaired) electrons. The molecule has 0 atom stereocenters. The lowest BCUT2D eigenvalue weighted by molar-refractivity contribution is -0.393. The molecule has 0 heterocycles. The lowest BCUT2D eigenvalue weighted by Crippen LogP contribution is -2.25. The Morgan fingerprint density at radius 3 is 1.45 bits per heavy atom. The first kappa shape index (κ1) is 23.8. The summed E-state index contributed by atoms with van der Waals surface area (Å²) in [5.74, 6) is 0. The average Bonchev–Trinajstić information content (AvgIpc) is 2.74. The summed E-state index contributed by atoms with van der Waals surface area (Å²) in [5.41, 5.74) is 1.84. The smallest absolute Gasteiger partial charge is 0.301 e. The van der Waals surface area contributed by atoms with Gasteiger partial charge >= 0.3 is 11.4 Å².